The number of furan rings is 1. The van der Waals surface area contributed by atoms with Gasteiger partial charge in [0.1, 0.15) is 5.76 Å². The number of sulfonamides is 1. The lowest BCUT2D eigenvalue weighted by atomic mass is 9.75. The molecule has 1 aromatic heterocycles. The zero-order valence-electron chi connectivity index (χ0n) is 11.5. The zero-order valence-corrected chi connectivity index (χ0v) is 12.3. The Morgan fingerprint density at radius 3 is 2.55 bits per heavy atom. The van der Waals surface area contributed by atoms with Crippen LogP contribution in [0.3, 0.4) is 0 Å². The molecule has 4 N–H and O–H groups in total. The van der Waals surface area contributed by atoms with Crippen LogP contribution in [0.1, 0.15) is 37.9 Å². The minimum atomic E-state index is -3.68. The van der Waals surface area contributed by atoms with Crippen molar-refractivity contribution >= 4 is 10.0 Å². The predicted molar refractivity (Wildman–Crippen MR) is 74.4 cm³/mol. The SMILES string of the molecule is NCc1ccc(S(=O)(=O)NCC2(CO)CCCCC2)o1. The Bertz CT molecular complexity index is 532. The Balaban J connectivity index is 2.04. The Hall–Kier alpha value is -0.890. The van der Waals surface area contributed by atoms with Gasteiger partial charge in [0, 0.05) is 18.6 Å². The first-order chi connectivity index (χ1) is 9.51. The highest BCUT2D eigenvalue weighted by Crippen LogP contribution is 2.35. The molecule has 0 aromatic carbocycles. The van der Waals surface area contributed by atoms with Crippen molar-refractivity contribution in [1.82, 2.24) is 4.72 Å². The third-order valence-electron chi connectivity index (χ3n) is 3.99. The summed E-state index contributed by atoms with van der Waals surface area (Å²) in [6.07, 6.45) is 4.89. The Labute approximate surface area is 119 Å². The second kappa shape index (κ2) is 6.26. The summed E-state index contributed by atoms with van der Waals surface area (Å²) >= 11 is 0. The van der Waals surface area contributed by atoms with Gasteiger partial charge in [-0.15, -0.1) is 0 Å². The first-order valence-electron chi connectivity index (χ1n) is 6.91. The molecule has 0 aliphatic heterocycles. The van der Waals surface area contributed by atoms with Crippen LogP contribution < -0.4 is 10.5 Å². The van der Waals surface area contributed by atoms with Gasteiger partial charge in [-0.3, -0.25) is 0 Å². The van der Waals surface area contributed by atoms with E-state index in [0.29, 0.717) is 5.76 Å². The number of aliphatic hydroxyl groups is 1. The van der Waals surface area contributed by atoms with Crippen molar-refractivity contribution in [3.8, 4) is 0 Å². The van der Waals surface area contributed by atoms with E-state index in [-0.39, 0.29) is 30.2 Å². The molecule has 2 rings (SSSR count). The maximum atomic E-state index is 12.1. The van der Waals surface area contributed by atoms with Crippen LogP contribution in [-0.2, 0) is 16.6 Å². The van der Waals surface area contributed by atoms with E-state index < -0.39 is 10.0 Å². The van der Waals surface area contributed by atoms with E-state index in [1.165, 1.54) is 6.07 Å². The molecule has 20 heavy (non-hydrogen) atoms. The van der Waals surface area contributed by atoms with Gasteiger partial charge < -0.3 is 15.3 Å². The fourth-order valence-electron chi connectivity index (χ4n) is 2.62. The van der Waals surface area contributed by atoms with E-state index in [2.05, 4.69) is 4.72 Å². The molecule has 0 amide bonds. The van der Waals surface area contributed by atoms with Crippen molar-refractivity contribution in [2.75, 3.05) is 13.2 Å². The second-order valence-corrected chi connectivity index (χ2v) is 7.17. The molecule has 1 heterocycles. The fourth-order valence-corrected chi connectivity index (χ4v) is 3.73. The number of aliphatic hydroxyl groups excluding tert-OH is 1. The molecule has 1 aliphatic carbocycles. The number of nitrogens with two attached hydrogens (primary N) is 1. The fraction of sp³-hybridized carbons (Fsp3) is 0.692. The number of hydrogen-bond donors (Lipinski definition) is 3. The first kappa shape index (κ1) is 15.5. The van der Waals surface area contributed by atoms with Crippen LogP contribution in [-0.4, -0.2) is 26.7 Å². The lowest BCUT2D eigenvalue weighted by molar-refractivity contribution is 0.0866. The lowest BCUT2D eigenvalue weighted by Crippen LogP contribution is -2.41. The lowest BCUT2D eigenvalue weighted by Gasteiger charge is -2.35. The predicted octanol–water partition coefficient (Wildman–Crippen LogP) is 0.959. The summed E-state index contributed by atoms with van der Waals surface area (Å²) in [6.45, 7) is 0.405. The minimum Gasteiger partial charge on any atom is -0.447 e. The molecule has 1 aromatic rings. The van der Waals surface area contributed by atoms with Gasteiger partial charge in [0.2, 0.25) is 5.09 Å². The molecule has 0 saturated heterocycles. The highest BCUT2D eigenvalue weighted by atomic mass is 32.2. The summed E-state index contributed by atoms with van der Waals surface area (Å²) in [7, 11) is -3.68. The monoisotopic (exact) mass is 302 g/mol. The summed E-state index contributed by atoms with van der Waals surface area (Å²) in [4.78, 5) is 0. The third kappa shape index (κ3) is 3.41. The number of hydrogen-bond acceptors (Lipinski definition) is 5. The molecule has 0 spiro atoms. The van der Waals surface area contributed by atoms with Crippen LogP contribution in [0.2, 0.25) is 0 Å². The van der Waals surface area contributed by atoms with Crippen molar-refractivity contribution in [3.05, 3.63) is 17.9 Å². The van der Waals surface area contributed by atoms with Gasteiger partial charge in [0.05, 0.1) is 6.54 Å². The highest BCUT2D eigenvalue weighted by molar-refractivity contribution is 7.89. The summed E-state index contributed by atoms with van der Waals surface area (Å²) in [5.74, 6) is 0.430. The summed E-state index contributed by atoms with van der Waals surface area (Å²) in [6, 6.07) is 2.95. The third-order valence-corrected chi connectivity index (χ3v) is 5.26. The zero-order chi connectivity index (χ0) is 14.6. The van der Waals surface area contributed by atoms with Gasteiger partial charge in [-0.05, 0) is 25.0 Å². The Kier molecular flexibility index (Phi) is 4.85. The Morgan fingerprint density at radius 1 is 1.30 bits per heavy atom. The van der Waals surface area contributed by atoms with Crippen LogP contribution in [0.5, 0.6) is 0 Å². The molecule has 6 nitrogen and oxygen atoms in total. The van der Waals surface area contributed by atoms with E-state index in [9.17, 15) is 13.5 Å². The van der Waals surface area contributed by atoms with Gasteiger partial charge in [-0.25, -0.2) is 13.1 Å². The number of nitrogens with one attached hydrogen (secondary N) is 1. The topological polar surface area (TPSA) is 106 Å². The average Bonchev–Trinajstić information content (AvgIpc) is 2.96. The summed E-state index contributed by atoms with van der Waals surface area (Å²) < 4.78 is 32.0. The molecule has 7 heteroatoms. The van der Waals surface area contributed by atoms with Gasteiger partial charge >= 0.3 is 0 Å². The molecule has 0 atom stereocenters. The molecule has 0 unspecified atom stereocenters. The van der Waals surface area contributed by atoms with E-state index in [0.717, 1.165) is 32.1 Å². The van der Waals surface area contributed by atoms with E-state index >= 15 is 0 Å². The first-order valence-corrected chi connectivity index (χ1v) is 8.39. The van der Waals surface area contributed by atoms with Crippen molar-refractivity contribution in [2.45, 2.75) is 43.7 Å². The van der Waals surface area contributed by atoms with Crippen molar-refractivity contribution < 1.29 is 17.9 Å². The van der Waals surface area contributed by atoms with Crippen LogP contribution in [0, 0.1) is 5.41 Å². The highest BCUT2D eigenvalue weighted by Gasteiger charge is 2.33. The maximum Gasteiger partial charge on any atom is 0.273 e. The van der Waals surface area contributed by atoms with Crippen molar-refractivity contribution in [1.29, 1.82) is 0 Å². The van der Waals surface area contributed by atoms with Crippen LogP contribution >= 0.6 is 0 Å². The molecule has 0 radical (unpaired) electrons. The molecule has 114 valence electrons. The van der Waals surface area contributed by atoms with E-state index in [4.69, 9.17) is 10.2 Å². The van der Waals surface area contributed by atoms with Crippen LogP contribution in [0.25, 0.3) is 0 Å². The summed E-state index contributed by atoms with van der Waals surface area (Å²) in [5.41, 5.74) is 5.06. The summed E-state index contributed by atoms with van der Waals surface area (Å²) in [5, 5.41) is 9.45. The van der Waals surface area contributed by atoms with Crippen molar-refractivity contribution in [2.24, 2.45) is 11.1 Å². The maximum absolute atomic E-state index is 12.1. The normalized spacial score (nSPS) is 19.1. The molecule has 1 aliphatic rings. The minimum absolute atomic E-state index is 0.00171. The van der Waals surface area contributed by atoms with Crippen LogP contribution in [0.15, 0.2) is 21.6 Å². The standard InChI is InChI=1S/C13H22N2O4S/c14-8-11-4-5-12(19-11)20(17,18)15-9-13(10-16)6-2-1-3-7-13/h4-5,15-16H,1-3,6-10,14H2. The number of rotatable bonds is 6. The molecular formula is C13H22N2O4S. The van der Waals surface area contributed by atoms with Gasteiger partial charge in [0.25, 0.3) is 10.0 Å². The van der Waals surface area contributed by atoms with Crippen molar-refractivity contribution in [3.63, 3.8) is 0 Å². The smallest absolute Gasteiger partial charge is 0.273 e. The molecule has 1 fully saturated rings. The largest absolute Gasteiger partial charge is 0.447 e. The second-order valence-electron chi connectivity index (χ2n) is 5.47. The quantitative estimate of drug-likeness (QED) is 0.726. The Morgan fingerprint density at radius 2 is 2.00 bits per heavy atom. The van der Waals surface area contributed by atoms with Crippen LogP contribution in [0.4, 0.5) is 0 Å². The molecule has 1 saturated carbocycles. The molecule has 0 bridgehead atoms. The van der Waals surface area contributed by atoms with Gasteiger partial charge in [0.15, 0.2) is 0 Å². The average molecular weight is 302 g/mol. The van der Waals surface area contributed by atoms with Gasteiger partial charge in [-0.2, -0.15) is 0 Å². The van der Waals surface area contributed by atoms with Gasteiger partial charge in [-0.1, -0.05) is 19.3 Å². The molecular weight excluding hydrogens is 280 g/mol. The van der Waals surface area contributed by atoms with E-state index in [1.807, 2.05) is 0 Å². The van der Waals surface area contributed by atoms with E-state index in [1.54, 1.807) is 6.07 Å².